The molecule has 0 aliphatic heterocycles. The minimum absolute atomic E-state index is 0.331. The summed E-state index contributed by atoms with van der Waals surface area (Å²) in [6.07, 6.45) is 1.31. The number of ketones is 1. The number of carbonyl (C=O) groups excluding carboxylic acids is 3. The van der Waals surface area contributed by atoms with E-state index in [0.717, 1.165) is 16.7 Å². The van der Waals surface area contributed by atoms with E-state index in [2.05, 4.69) is 4.90 Å². The number of benzene rings is 3. The van der Waals surface area contributed by atoms with Gasteiger partial charge in [0, 0.05) is 13.1 Å². The van der Waals surface area contributed by atoms with Gasteiger partial charge in [0.2, 0.25) is 0 Å². The molecule has 0 aromatic heterocycles. The Bertz CT molecular complexity index is 1200. The van der Waals surface area contributed by atoms with E-state index in [1.54, 1.807) is 20.8 Å². The molecule has 0 fully saturated rings. The van der Waals surface area contributed by atoms with Crippen LogP contribution in [-0.4, -0.2) is 41.4 Å². The summed E-state index contributed by atoms with van der Waals surface area (Å²) >= 11 is 0. The number of Topliss-reactive ketones (excluding diaryl/α,β-unsaturated/α-hetero) is 1. The van der Waals surface area contributed by atoms with Crippen molar-refractivity contribution in [2.45, 2.75) is 71.7 Å². The molecule has 0 saturated heterocycles. The third kappa shape index (κ3) is 9.68. The highest BCUT2D eigenvalue weighted by molar-refractivity contribution is 6.05. The summed E-state index contributed by atoms with van der Waals surface area (Å²) in [5, 5.41) is 0. The topological polar surface area (TPSA) is 72.9 Å². The van der Waals surface area contributed by atoms with Crippen LogP contribution in [0.15, 0.2) is 91.0 Å². The summed E-state index contributed by atoms with van der Waals surface area (Å²) in [6, 6.07) is 29.0. The maximum absolute atomic E-state index is 14.8. The number of rotatable bonds is 14. The smallest absolute Gasteiger partial charge is 0.317 e. The minimum atomic E-state index is -1.30. The van der Waals surface area contributed by atoms with Crippen LogP contribution in [0.25, 0.3) is 0 Å². The van der Waals surface area contributed by atoms with Gasteiger partial charge in [-0.2, -0.15) is 0 Å². The fourth-order valence-corrected chi connectivity index (χ4v) is 5.09. The van der Waals surface area contributed by atoms with Crippen LogP contribution in [0.3, 0.4) is 0 Å². The van der Waals surface area contributed by atoms with E-state index in [4.69, 9.17) is 9.47 Å². The van der Waals surface area contributed by atoms with Gasteiger partial charge in [-0.25, -0.2) is 0 Å². The molecule has 0 N–H and O–H groups in total. The summed E-state index contributed by atoms with van der Waals surface area (Å²) in [4.78, 5) is 43.7. The second-order valence-electron chi connectivity index (χ2n) is 11.4. The number of carbonyl (C=O) groups is 3. The standard InChI is InChI=1S/C35H43NO5/c1-6-16-29(33(38)40-5)31(34(39)41-35(2,3)4)32(37)30(23-26-17-10-7-11-18-26)36(24-27-19-12-8-13-20-27)25-28-21-14-9-15-22-28/h7-15,17-22,29-31H,6,16,23-25H2,1-5H3/t29-,30+,31?/m1/s1. The lowest BCUT2D eigenvalue weighted by molar-refractivity contribution is -0.171. The zero-order valence-corrected chi connectivity index (χ0v) is 24.9. The van der Waals surface area contributed by atoms with Gasteiger partial charge < -0.3 is 9.47 Å². The molecule has 41 heavy (non-hydrogen) atoms. The second kappa shape index (κ2) is 15.3. The van der Waals surface area contributed by atoms with Gasteiger partial charge in [-0.3, -0.25) is 19.3 Å². The number of nitrogens with zero attached hydrogens (tertiary/aromatic N) is 1. The molecule has 3 aromatic carbocycles. The number of hydrogen-bond donors (Lipinski definition) is 0. The van der Waals surface area contributed by atoms with Crippen molar-refractivity contribution in [1.29, 1.82) is 0 Å². The molecule has 0 radical (unpaired) electrons. The predicted molar refractivity (Wildman–Crippen MR) is 161 cm³/mol. The van der Waals surface area contributed by atoms with Crippen LogP contribution in [0.1, 0.15) is 57.2 Å². The zero-order chi connectivity index (χ0) is 29.8. The van der Waals surface area contributed by atoms with Crippen LogP contribution in [0, 0.1) is 11.8 Å². The third-order valence-corrected chi connectivity index (χ3v) is 6.97. The summed E-state index contributed by atoms with van der Waals surface area (Å²) in [7, 11) is 1.29. The van der Waals surface area contributed by atoms with Crippen LogP contribution in [0.2, 0.25) is 0 Å². The molecule has 218 valence electrons. The third-order valence-electron chi connectivity index (χ3n) is 6.97. The second-order valence-corrected chi connectivity index (χ2v) is 11.4. The van der Waals surface area contributed by atoms with Crippen LogP contribution in [0.5, 0.6) is 0 Å². The van der Waals surface area contributed by atoms with Crippen LogP contribution >= 0.6 is 0 Å². The lowest BCUT2D eigenvalue weighted by Crippen LogP contribution is -2.50. The van der Waals surface area contributed by atoms with E-state index in [1.807, 2.05) is 97.9 Å². The summed E-state index contributed by atoms with van der Waals surface area (Å²) in [5.74, 6) is -3.85. The van der Waals surface area contributed by atoms with Crippen LogP contribution < -0.4 is 0 Å². The molecule has 0 heterocycles. The highest BCUT2D eigenvalue weighted by Gasteiger charge is 2.45. The van der Waals surface area contributed by atoms with Gasteiger partial charge in [-0.15, -0.1) is 0 Å². The Hall–Kier alpha value is -3.77. The zero-order valence-electron chi connectivity index (χ0n) is 24.9. The highest BCUT2D eigenvalue weighted by Crippen LogP contribution is 2.29. The summed E-state index contributed by atoms with van der Waals surface area (Å²) < 4.78 is 10.9. The highest BCUT2D eigenvalue weighted by atomic mass is 16.6. The molecule has 0 bridgehead atoms. The molecule has 3 atom stereocenters. The van der Waals surface area contributed by atoms with Crippen molar-refractivity contribution in [2.75, 3.05) is 7.11 Å². The molecule has 3 aromatic rings. The molecule has 3 rings (SSSR count). The summed E-state index contributed by atoms with van der Waals surface area (Å²) in [6.45, 7) is 8.17. The quantitative estimate of drug-likeness (QED) is 0.168. The Morgan fingerprint density at radius 3 is 1.61 bits per heavy atom. The van der Waals surface area contributed by atoms with Gasteiger partial charge in [0.1, 0.15) is 11.5 Å². The van der Waals surface area contributed by atoms with E-state index in [0.29, 0.717) is 32.4 Å². The average Bonchev–Trinajstić information content (AvgIpc) is 2.95. The average molecular weight is 558 g/mol. The number of methoxy groups -OCH3 is 1. The van der Waals surface area contributed by atoms with Crippen molar-refractivity contribution >= 4 is 17.7 Å². The van der Waals surface area contributed by atoms with Gasteiger partial charge >= 0.3 is 11.9 Å². The molecular weight excluding hydrogens is 514 g/mol. The van der Waals surface area contributed by atoms with Crippen LogP contribution in [-0.2, 0) is 43.4 Å². The molecule has 6 nitrogen and oxygen atoms in total. The van der Waals surface area contributed by atoms with Gasteiger partial charge in [-0.1, -0.05) is 104 Å². The largest absolute Gasteiger partial charge is 0.469 e. The first kappa shape index (κ1) is 31.8. The van der Waals surface area contributed by atoms with Gasteiger partial charge in [0.25, 0.3) is 0 Å². The lowest BCUT2D eigenvalue weighted by atomic mass is 9.80. The van der Waals surface area contributed by atoms with Crippen LogP contribution in [0.4, 0.5) is 0 Å². The SMILES string of the molecule is CCC[C@@H](C(=O)OC)C(C(=O)OC(C)(C)C)C(=O)[C@H](Cc1ccccc1)N(Cc1ccccc1)Cc1ccccc1. The first-order valence-electron chi connectivity index (χ1n) is 14.3. The number of ether oxygens (including phenoxy) is 2. The summed E-state index contributed by atoms with van der Waals surface area (Å²) in [5.41, 5.74) is 2.22. The van der Waals surface area contributed by atoms with E-state index in [9.17, 15) is 14.4 Å². The van der Waals surface area contributed by atoms with Crippen molar-refractivity contribution in [3.05, 3.63) is 108 Å². The van der Waals surface area contributed by atoms with Gasteiger partial charge in [0.15, 0.2) is 5.78 Å². The minimum Gasteiger partial charge on any atom is -0.469 e. The van der Waals surface area contributed by atoms with Crippen molar-refractivity contribution in [3.8, 4) is 0 Å². The van der Waals surface area contributed by atoms with Crippen molar-refractivity contribution in [1.82, 2.24) is 4.90 Å². The first-order valence-corrected chi connectivity index (χ1v) is 14.3. The maximum atomic E-state index is 14.8. The predicted octanol–water partition coefficient (Wildman–Crippen LogP) is 6.42. The van der Waals surface area contributed by atoms with Crippen molar-refractivity contribution < 1.29 is 23.9 Å². The monoisotopic (exact) mass is 557 g/mol. The first-order chi connectivity index (χ1) is 19.6. The van der Waals surface area contributed by atoms with Gasteiger partial charge in [0.05, 0.1) is 19.1 Å². The van der Waals surface area contributed by atoms with Crippen molar-refractivity contribution in [3.63, 3.8) is 0 Å². The molecular formula is C35H43NO5. The fourth-order valence-electron chi connectivity index (χ4n) is 5.09. The lowest BCUT2D eigenvalue weighted by Gasteiger charge is -2.35. The molecule has 0 saturated carbocycles. The molecule has 6 heteroatoms. The maximum Gasteiger partial charge on any atom is 0.317 e. The number of hydrogen-bond acceptors (Lipinski definition) is 6. The Morgan fingerprint density at radius 2 is 1.20 bits per heavy atom. The molecule has 0 spiro atoms. The molecule has 0 aliphatic rings. The van der Waals surface area contributed by atoms with E-state index in [1.165, 1.54) is 7.11 Å². The van der Waals surface area contributed by atoms with E-state index >= 15 is 0 Å². The normalized spacial score (nSPS) is 13.7. The fraction of sp³-hybridized carbons (Fsp3) is 0.400. The molecule has 0 amide bonds. The van der Waals surface area contributed by atoms with Gasteiger partial charge in [-0.05, 0) is 50.3 Å². The molecule has 0 aliphatic carbocycles. The Kier molecular flexibility index (Phi) is 11.8. The van der Waals surface area contributed by atoms with Crippen molar-refractivity contribution in [2.24, 2.45) is 11.8 Å². The Morgan fingerprint density at radius 1 is 0.732 bits per heavy atom. The van der Waals surface area contributed by atoms with E-state index < -0.39 is 35.4 Å². The van der Waals surface area contributed by atoms with E-state index in [-0.39, 0.29) is 5.78 Å². The Labute approximate surface area is 244 Å². The Balaban J connectivity index is 2.14. The number of esters is 2. The molecule has 1 unspecified atom stereocenters.